The molecule has 0 heteroatoms. The Morgan fingerprint density at radius 2 is 0.943 bits per heavy atom. The second-order valence-corrected chi connectivity index (χ2v) is 16.2. The van der Waals surface area contributed by atoms with Crippen LogP contribution >= 0.6 is 0 Å². The summed E-state index contributed by atoms with van der Waals surface area (Å²) >= 11 is 0. The van der Waals surface area contributed by atoms with E-state index in [-0.39, 0.29) is 27.1 Å². The molecule has 2 aromatic rings. The lowest BCUT2D eigenvalue weighted by Crippen LogP contribution is -2.27. The topological polar surface area (TPSA) is 0 Å². The molecule has 0 fully saturated rings. The van der Waals surface area contributed by atoms with Crippen molar-refractivity contribution in [3.63, 3.8) is 0 Å². The van der Waals surface area contributed by atoms with Gasteiger partial charge in [0.1, 0.15) is 0 Å². The highest BCUT2D eigenvalue weighted by molar-refractivity contribution is 5.50. The standard InChI is InChI=1S/C35H56/c1-23(20-24-18-17-19-26(31(2,3)4)30(24)35(14,15)16)25-21-28(33(8,9)10)29(34(11,12)13)22-27(25)32(5,6)7/h17-19,21-23H,20H2,1-16H3. The molecule has 0 heterocycles. The number of rotatable bonds is 3. The Bertz CT molecular complexity index is 1030. The van der Waals surface area contributed by atoms with Gasteiger partial charge in [-0.15, -0.1) is 0 Å². The molecule has 0 saturated heterocycles. The minimum Gasteiger partial charge on any atom is -0.0617 e. The Morgan fingerprint density at radius 1 is 0.514 bits per heavy atom. The maximum Gasteiger partial charge on any atom is -0.0126 e. The fourth-order valence-electron chi connectivity index (χ4n) is 5.64. The monoisotopic (exact) mass is 476 g/mol. The third kappa shape index (κ3) is 6.81. The SMILES string of the molecule is CC(Cc1cccc(C(C)(C)C)c1C(C)(C)C)c1cc(C(C)(C)C)c(C(C)(C)C)cc1C(C)(C)C. The fourth-order valence-corrected chi connectivity index (χ4v) is 5.64. The highest BCUT2D eigenvalue weighted by Gasteiger charge is 2.32. The van der Waals surface area contributed by atoms with Crippen LogP contribution < -0.4 is 0 Å². The van der Waals surface area contributed by atoms with Gasteiger partial charge in [0.2, 0.25) is 0 Å². The van der Waals surface area contributed by atoms with Crippen LogP contribution in [0.1, 0.15) is 156 Å². The van der Waals surface area contributed by atoms with Crippen LogP contribution in [0, 0.1) is 0 Å². The average molecular weight is 477 g/mol. The lowest BCUT2D eigenvalue weighted by atomic mass is 9.68. The molecular weight excluding hydrogens is 420 g/mol. The van der Waals surface area contributed by atoms with E-state index in [1.165, 1.54) is 33.4 Å². The fraction of sp³-hybridized carbons (Fsp3) is 0.657. The third-order valence-corrected chi connectivity index (χ3v) is 7.38. The van der Waals surface area contributed by atoms with Crippen molar-refractivity contribution in [3.05, 3.63) is 69.3 Å². The molecule has 0 amide bonds. The summed E-state index contributed by atoms with van der Waals surface area (Å²) in [6.45, 7) is 38.0. The summed E-state index contributed by atoms with van der Waals surface area (Å²) < 4.78 is 0. The largest absolute Gasteiger partial charge is 0.0617 e. The summed E-state index contributed by atoms with van der Waals surface area (Å²) in [5, 5.41) is 0. The molecule has 1 atom stereocenters. The van der Waals surface area contributed by atoms with Crippen LogP contribution in [0.4, 0.5) is 0 Å². The van der Waals surface area contributed by atoms with Gasteiger partial charge in [0, 0.05) is 0 Å². The van der Waals surface area contributed by atoms with Crippen LogP contribution in [0.2, 0.25) is 0 Å². The van der Waals surface area contributed by atoms with Crippen molar-refractivity contribution < 1.29 is 0 Å². The number of hydrogen-bond acceptors (Lipinski definition) is 0. The molecule has 2 rings (SSSR count). The lowest BCUT2D eigenvalue weighted by molar-refractivity contribution is 0.513. The van der Waals surface area contributed by atoms with Crippen molar-refractivity contribution in [2.45, 2.75) is 150 Å². The van der Waals surface area contributed by atoms with Gasteiger partial charge < -0.3 is 0 Å². The van der Waals surface area contributed by atoms with E-state index in [2.05, 4.69) is 141 Å². The van der Waals surface area contributed by atoms with Gasteiger partial charge in [-0.2, -0.15) is 0 Å². The van der Waals surface area contributed by atoms with E-state index in [1.54, 1.807) is 5.56 Å². The van der Waals surface area contributed by atoms with Crippen molar-refractivity contribution in [1.29, 1.82) is 0 Å². The predicted octanol–water partition coefficient (Wildman–Crippen LogP) is 10.5. The highest BCUT2D eigenvalue weighted by atomic mass is 14.4. The summed E-state index contributed by atoms with van der Waals surface area (Å²) in [6.07, 6.45) is 1.07. The van der Waals surface area contributed by atoms with E-state index in [4.69, 9.17) is 0 Å². The molecule has 196 valence electrons. The Hall–Kier alpha value is -1.56. The van der Waals surface area contributed by atoms with E-state index in [1.807, 2.05) is 0 Å². The molecule has 35 heavy (non-hydrogen) atoms. The minimum atomic E-state index is 0.0973. The van der Waals surface area contributed by atoms with Crippen molar-refractivity contribution in [3.8, 4) is 0 Å². The zero-order valence-electron chi connectivity index (χ0n) is 26.2. The van der Waals surface area contributed by atoms with E-state index in [0.717, 1.165) is 6.42 Å². The quantitative estimate of drug-likeness (QED) is 0.413. The van der Waals surface area contributed by atoms with Gasteiger partial charge in [0.15, 0.2) is 0 Å². The van der Waals surface area contributed by atoms with Gasteiger partial charge in [-0.05, 0) is 78.4 Å². The van der Waals surface area contributed by atoms with Crippen LogP contribution in [-0.4, -0.2) is 0 Å². The first-order chi connectivity index (χ1) is 15.5. The Balaban J connectivity index is 2.79. The first kappa shape index (κ1) is 29.7. The van der Waals surface area contributed by atoms with Crippen molar-refractivity contribution >= 4 is 0 Å². The van der Waals surface area contributed by atoms with E-state index < -0.39 is 0 Å². The molecule has 0 spiro atoms. The molecule has 0 radical (unpaired) electrons. The third-order valence-electron chi connectivity index (χ3n) is 7.38. The molecule has 0 aliphatic heterocycles. The summed E-state index contributed by atoms with van der Waals surface area (Å²) in [6, 6.07) is 12.2. The van der Waals surface area contributed by atoms with Gasteiger partial charge in [0.25, 0.3) is 0 Å². The van der Waals surface area contributed by atoms with Gasteiger partial charge in [-0.25, -0.2) is 0 Å². The van der Waals surface area contributed by atoms with Crippen LogP contribution in [0.15, 0.2) is 30.3 Å². The number of hydrogen-bond donors (Lipinski definition) is 0. The highest BCUT2D eigenvalue weighted by Crippen LogP contribution is 2.43. The molecule has 0 aliphatic carbocycles. The Kier molecular flexibility index (Phi) is 7.96. The molecule has 0 aromatic heterocycles. The molecule has 0 bridgehead atoms. The van der Waals surface area contributed by atoms with Gasteiger partial charge >= 0.3 is 0 Å². The molecule has 0 nitrogen and oxygen atoms in total. The van der Waals surface area contributed by atoms with E-state index in [0.29, 0.717) is 5.92 Å². The summed E-state index contributed by atoms with van der Waals surface area (Å²) in [5.74, 6) is 0.440. The van der Waals surface area contributed by atoms with Crippen LogP contribution in [0.5, 0.6) is 0 Å². The summed E-state index contributed by atoms with van der Waals surface area (Å²) in [5.41, 5.74) is 11.1. The van der Waals surface area contributed by atoms with Crippen molar-refractivity contribution in [2.75, 3.05) is 0 Å². The second kappa shape index (κ2) is 9.39. The summed E-state index contributed by atoms with van der Waals surface area (Å²) in [4.78, 5) is 0. The molecular formula is C35H56. The van der Waals surface area contributed by atoms with Crippen LogP contribution in [-0.2, 0) is 33.5 Å². The smallest absolute Gasteiger partial charge is 0.0126 e. The molecule has 0 saturated carbocycles. The number of benzene rings is 2. The predicted molar refractivity (Wildman–Crippen MR) is 159 cm³/mol. The van der Waals surface area contributed by atoms with Crippen LogP contribution in [0.25, 0.3) is 0 Å². The van der Waals surface area contributed by atoms with Crippen LogP contribution in [0.3, 0.4) is 0 Å². The lowest BCUT2D eigenvalue weighted by Gasteiger charge is -2.36. The Labute approximate surface area is 219 Å². The first-order valence-electron chi connectivity index (χ1n) is 13.8. The summed E-state index contributed by atoms with van der Waals surface area (Å²) in [7, 11) is 0. The zero-order chi connectivity index (χ0) is 27.4. The maximum absolute atomic E-state index is 2.58. The van der Waals surface area contributed by atoms with Crippen molar-refractivity contribution in [2.24, 2.45) is 0 Å². The van der Waals surface area contributed by atoms with Gasteiger partial charge in [-0.3, -0.25) is 0 Å². The molecule has 2 aromatic carbocycles. The zero-order valence-corrected chi connectivity index (χ0v) is 26.2. The first-order valence-corrected chi connectivity index (χ1v) is 13.8. The van der Waals surface area contributed by atoms with E-state index >= 15 is 0 Å². The van der Waals surface area contributed by atoms with Gasteiger partial charge in [-0.1, -0.05) is 141 Å². The second-order valence-electron chi connectivity index (χ2n) is 16.2. The van der Waals surface area contributed by atoms with Crippen molar-refractivity contribution in [1.82, 2.24) is 0 Å². The molecule has 0 N–H and O–H groups in total. The minimum absolute atomic E-state index is 0.0973. The average Bonchev–Trinajstić information content (AvgIpc) is 2.63. The maximum atomic E-state index is 2.58. The molecule has 1 unspecified atom stereocenters. The van der Waals surface area contributed by atoms with E-state index in [9.17, 15) is 0 Å². The normalized spacial score (nSPS) is 14.9. The van der Waals surface area contributed by atoms with Gasteiger partial charge in [0.05, 0.1) is 0 Å². The molecule has 0 aliphatic rings. The Morgan fingerprint density at radius 3 is 1.34 bits per heavy atom.